The highest BCUT2D eigenvalue weighted by atomic mass is 16.6. The quantitative estimate of drug-likeness (QED) is 0.633. The molecule has 0 spiro atoms. The summed E-state index contributed by atoms with van der Waals surface area (Å²) < 4.78 is 5.64. The number of hydrogen-bond acceptors (Lipinski definition) is 5. The van der Waals surface area contributed by atoms with Crippen molar-refractivity contribution in [2.45, 2.75) is 19.4 Å². The van der Waals surface area contributed by atoms with E-state index < -0.39 is 4.92 Å². The summed E-state index contributed by atoms with van der Waals surface area (Å²) in [5, 5.41) is 13.9. The van der Waals surface area contributed by atoms with Gasteiger partial charge in [-0.2, -0.15) is 0 Å². The van der Waals surface area contributed by atoms with E-state index in [2.05, 4.69) is 5.32 Å². The van der Waals surface area contributed by atoms with Crippen molar-refractivity contribution in [2.75, 3.05) is 33.1 Å². The molecule has 0 aliphatic heterocycles. The third-order valence-corrected chi connectivity index (χ3v) is 3.24. The average molecular weight is 267 g/mol. The van der Waals surface area contributed by atoms with Crippen LogP contribution in [0.3, 0.4) is 0 Å². The fourth-order valence-corrected chi connectivity index (χ4v) is 1.41. The van der Waals surface area contributed by atoms with Gasteiger partial charge in [0.25, 0.3) is 0 Å². The Bertz CT molecular complexity index is 458. The van der Waals surface area contributed by atoms with Crippen LogP contribution in [0.4, 0.5) is 11.4 Å². The molecular weight excluding hydrogens is 246 g/mol. The van der Waals surface area contributed by atoms with Crippen LogP contribution in [0.15, 0.2) is 18.2 Å². The molecule has 0 amide bonds. The predicted octanol–water partition coefficient (Wildman–Crippen LogP) is 2.36. The van der Waals surface area contributed by atoms with Crippen LogP contribution in [0.1, 0.15) is 13.8 Å². The van der Waals surface area contributed by atoms with E-state index in [0.717, 1.165) is 0 Å². The van der Waals surface area contributed by atoms with Crippen LogP contribution < -0.4 is 10.1 Å². The van der Waals surface area contributed by atoms with Crippen LogP contribution in [-0.2, 0) is 0 Å². The summed E-state index contributed by atoms with van der Waals surface area (Å²) in [6.07, 6.45) is 0. The summed E-state index contributed by atoms with van der Waals surface area (Å²) in [6.45, 7) is 4.40. The van der Waals surface area contributed by atoms with Gasteiger partial charge in [-0.25, -0.2) is 0 Å². The Morgan fingerprint density at radius 1 is 1.42 bits per heavy atom. The standard InChI is InChI=1S/C13H21N3O3/c1-13(2,15(4)5)9-19-11-8-6-7-10(14-3)12(11)16(17)18/h6-8,14H,9H2,1-5H3. The first-order valence-corrected chi connectivity index (χ1v) is 6.05. The lowest BCUT2D eigenvalue weighted by Crippen LogP contribution is -2.43. The molecule has 0 heterocycles. The van der Waals surface area contributed by atoms with Gasteiger partial charge in [0.15, 0.2) is 5.75 Å². The highest BCUT2D eigenvalue weighted by Crippen LogP contribution is 2.34. The first-order chi connectivity index (χ1) is 8.79. The van der Waals surface area contributed by atoms with Crippen molar-refractivity contribution in [3.63, 3.8) is 0 Å². The second-order valence-corrected chi connectivity index (χ2v) is 5.15. The first-order valence-electron chi connectivity index (χ1n) is 6.05. The summed E-state index contributed by atoms with van der Waals surface area (Å²) in [4.78, 5) is 12.7. The average Bonchev–Trinajstić information content (AvgIpc) is 2.35. The molecule has 19 heavy (non-hydrogen) atoms. The maximum absolute atomic E-state index is 11.1. The van der Waals surface area contributed by atoms with Gasteiger partial charge in [-0.1, -0.05) is 6.07 Å². The van der Waals surface area contributed by atoms with Crippen LogP contribution in [0.25, 0.3) is 0 Å². The fraction of sp³-hybridized carbons (Fsp3) is 0.538. The van der Waals surface area contributed by atoms with Gasteiger partial charge >= 0.3 is 5.69 Å². The lowest BCUT2D eigenvalue weighted by atomic mass is 10.1. The molecule has 0 unspecified atom stereocenters. The number of nitrogens with zero attached hydrogens (tertiary/aromatic N) is 2. The van der Waals surface area contributed by atoms with E-state index in [1.54, 1.807) is 25.2 Å². The third kappa shape index (κ3) is 3.57. The smallest absolute Gasteiger partial charge is 0.333 e. The van der Waals surface area contributed by atoms with Crippen molar-refractivity contribution in [1.29, 1.82) is 0 Å². The summed E-state index contributed by atoms with van der Waals surface area (Å²) in [6, 6.07) is 5.00. The Morgan fingerprint density at radius 2 is 2.05 bits per heavy atom. The summed E-state index contributed by atoms with van der Waals surface area (Å²) in [7, 11) is 5.54. The molecule has 1 N–H and O–H groups in total. The Balaban J connectivity index is 2.99. The minimum Gasteiger partial charge on any atom is -0.485 e. The molecule has 0 radical (unpaired) electrons. The van der Waals surface area contributed by atoms with Gasteiger partial charge in [0.2, 0.25) is 0 Å². The number of anilines is 1. The highest BCUT2D eigenvalue weighted by Gasteiger charge is 2.25. The molecule has 1 aromatic carbocycles. The molecule has 0 aromatic heterocycles. The third-order valence-electron chi connectivity index (χ3n) is 3.24. The Hall–Kier alpha value is -1.82. The van der Waals surface area contributed by atoms with Crippen molar-refractivity contribution in [3.8, 4) is 5.75 Å². The number of para-hydroxylation sites is 1. The monoisotopic (exact) mass is 267 g/mol. The number of nitro benzene ring substituents is 1. The summed E-state index contributed by atoms with van der Waals surface area (Å²) in [5.41, 5.74) is 0.216. The number of benzene rings is 1. The van der Waals surface area contributed by atoms with Crippen LogP contribution in [0.2, 0.25) is 0 Å². The minimum atomic E-state index is -0.427. The number of rotatable bonds is 6. The van der Waals surface area contributed by atoms with E-state index in [9.17, 15) is 10.1 Å². The van der Waals surface area contributed by atoms with Crippen molar-refractivity contribution < 1.29 is 9.66 Å². The molecule has 0 saturated carbocycles. The maximum Gasteiger partial charge on any atom is 0.333 e. The van der Waals surface area contributed by atoms with E-state index >= 15 is 0 Å². The second-order valence-electron chi connectivity index (χ2n) is 5.15. The topological polar surface area (TPSA) is 67.6 Å². The number of nitrogens with one attached hydrogen (secondary N) is 1. The molecule has 0 bridgehead atoms. The van der Waals surface area contributed by atoms with E-state index in [-0.39, 0.29) is 17.0 Å². The van der Waals surface area contributed by atoms with Crippen molar-refractivity contribution in [1.82, 2.24) is 4.90 Å². The minimum absolute atomic E-state index is 0.0282. The van der Waals surface area contributed by atoms with Crippen LogP contribution in [-0.4, -0.2) is 43.1 Å². The zero-order valence-electron chi connectivity index (χ0n) is 12.1. The van der Waals surface area contributed by atoms with E-state index in [1.807, 2.05) is 32.8 Å². The maximum atomic E-state index is 11.1. The SMILES string of the molecule is CNc1cccc(OCC(C)(C)N(C)C)c1[N+](=O)[O-]. The molecule has 0 atom stereocenters. The lowest BCUT2D eigenvalue weighted by Gasteiger charge is -2.32. The van der Waals surface area contributed by atoms with Crippen LogP contribution in [0, 0.1) is 10.1 Å². The Kier molecular flexibility index (Phi) is 4.72. The van der Waals surface area contributed by atoms with Gasteiger partial charge in [0.1, 0.15) is 12.3 Å². The number of hydrogen-bond donors (Lipinski definition) is 1. The van der Waals surface area contributed by atoms with E-state index in [1.165, 1.54) is 0 Å². The van der Waals surface area contributed by atoms with Gasteiger partial charge in [-0.3, -0.25) is 10.1 Å². The van der Waals surface area contributed by atoms with E-state index in [0.29, 0.717) is 12.3 Å². The van der Waals surface area contributed by atoms with Gasteiger partial charge in [0.05, 0.1) is 4.92 Å². The molecule has 0 aliphatic carbocycles. The summed E-state index contributed by atoms with van der Waals surface area (Å²) >= 11 is 0. The molecule has 1 rings (SSSR count). The number of nitro groups is 1. The Morgan fingerprint density at radius 3 is 2.53 bits per heavy atom. The zero-order valence-corrected chi connectivity index (χ0v) is 12.1. The Labute approximate surface area is 113 Å². The van der Waals surface area contributed by atoms with Crippen LogP contribution >= 0.6 is 0 Å². The first kappa shape index (κ1) is 15.2. The molecule has 0 fully saturated rings. The predicted molar refractivity (Wildman–Crippen MR) is 75.9 cm³/mol. The molecule has 6 heteroatoms. The lowest BCUT2D eigenvalue weighted by molar-refractivity contribution is -0.385. The fourth-order valence-electron chi connectivity index (χ4n) is 1.41. The van der Waals surface area contributed by atoms with Crippen LogP contribution in [0.5, 0.6) is 5.75 Å². The molecule has 1 aromatic rings. The van der Waals surface area contributed by atoms with Gasteiger partial charge in [0, 0.05) is 12.6 Å². The van der Waals surface area contributed by atoms with Crippen molar-refractivity contribution in [3.05, 3.63) is 28.3 Å². The largest absolute Gasteiger partial charge is 0.485 e. The number of ether oxygens (including phenoxy) is 1. The molecule has 6 nitrogen and oxygen atoms in total. The van der Waals surface area contributed by atoms with Crippen molar-refractivity contribution in [2.24, 2.45) is 0 Å². The highest BCUT2D eigenvalue weighted by molar-refractivity contribution is 5.68. The van der Waals surface area contributed by atoms with Gasteiger partial charge in [-0.15, -0.1) is 0 Å². The molecule has 0 saturated heterocycles. The zero-order chi connectivity index (χ0) is 14.6. The van der Waals surface area contributed by atoms with Gasteiger partial charge < -0.3 is 15.0 Å². The molecule has 0 aliphatic rings. The summed E-state index contributed by atoms with van der Waals surface area (Å²) in [5.74, 6) is 0.284. The molecular formula is C13H21N3O3. The van der Waals surface area contributed by atoms with Crippen molar-refractivity contribution >= 4 is 11.4 Å². The number of likely N-dealkylation sites (N-methyl/N-ethyl adjacent to an activating group) is 1. The van der Waals surface area contributed by atoms with Gasteiger partial charge in [-0.05, 0) is 40.1 Å². The molecule has 106 valence electrons. The normalized spacial score (nSPS) is 11.5. The second kappa shape index (κ2) is 5.88. The van der Waals surface area contributed by atoms with E-state index in [4.69, 9.17) is 4.74 Å².